The molecule has 0 atom stereocenters. The number of hydrogen-bond acceptors (Lipinski definition) is 2. The number of aryl methyl sites for hydroxylation is 1. The van der Waals surface area contributed by atoms with Gasteiger partial charge in [0.05, 0.1) is 0 Å². The van der Waals surface area contributed by atoms with Crippen molar-refractivity contribution in [3.63, 3.8) is 0 Å². The first-order valence-electron chi connectivity index (χ1n) is 7.07. The summed E-state index contributed by atoms with van der Waals surface area (Å²) in [5.41, 5.74) is 4.15. The molecule has 1 aliphatic heterocycles. The minimum Gasteiger partial charge on any atom is -0.369 e. The van der Waals surface area contributed by atoms with Gasteiger partial charge in [-0.05, 0) is 51.0 Å². The van der Waals surface area contributed by atoms with E-state index < -0.39 is 0 Å². The van der Waals surface area contributed by atoms with Crippen LogP contribution in [0.25, 0.3) is 0 Å². The summed E-state index contributed by atoms with van der Waals surface area (Å²) in [4.78, 5) is 5.04. The Bertz CT molecular complexity index is 429. The van der Waals surface area contributed by atoms with Gasteiger partial charge in [-0.25, -0.2) is 0 Å². The van der Waals surface area contributed by atoms with Crippen molar-refractivity contribution < 1.29 is 0 Å². The Kier molecular flexibility index (Phi) is 4.42. The maximum Gasteiger partial charge on any atom is 0.0476 e. The summed E-state index contributed by atoms with van der Waals surface area (Å²) in [6, 6.07) is 6.63. The SMILES string of the molecule is Cc1cc(N2CCN(C(C)(C)C)CC2)ccc1CCl. The maximum absolute atomic E-state index is 5.92. The van der Waals surface area contributed by atoms with Crippen molar-refractivity contribution in [1.29, 1.82) is 0 Å². The molecule has 2 rings (SSSR count). The number of rotatable bonds is 2. The smallest absolute Gasteiger partial charge is 0.0476 e. The minimum absolute atomic E-state index is 0.282. The molecular weight excluding hydrogens is 256 g/mol. The summed E-state index contributed by atoms with van der Waals surface area (Å²) in [6.45, 7) is 13.5. The molecule has 0 aliphatic carbocycles. The van der Waals surface area contributed by atoms with E-state index in [4.69, 9.17) is 11.6 Å². The van der Waals surface area contributed by atoms with Gasteiger partial charge < -0.3 is 4.90 Å². The third-order valence-electron chi connectivity index (χ3n) is 4.06. The van der Waals surface area contributed by atoms with Crippen LogP contribution in [-0.4, -0.2) is 36.6 Å². The third-order valence-corrected chi connectivity index (χ3v) is 4.35. The fourth-order valence-corrected chi connectivity index (χ4v) is 2.96. The molecule has 1 heterocycles. The molecule has 1 fully saturated rings. The summed E-state index contributed by atoms with van der Waals surface area (Å²) < 4.78 is 0. The second kappa shape index (κ2) is 5.72. The van der Waals surface area contributed by atoms with Crippen LogP contribution in [0.3, 0.4) is 0 Å². The van der Waals surface area contributed by atoms with Gasteiger partial charge >= 0.3 is 0 Å². The molecule has 1 aromatic carbocycles. The number of nitrogens with zero attached hydrogens (tertiary/aromatic N) is 2. The van der Waals surface area contributed by atoms with Crippen molar-refractivity contribution in [3.8, 4) is 0 Å². The highest BCUT2D eigenvalue weighted by Gasteiger charge is 2.25. The van der Waals surface area contributed by atoms with E-state index in [2.05, 4.69) is 55.7 Å². The Hall–Kier alpha value is -0.730. The number of halogens is 1. The highest BCUT2D eigenvalue weighted by Crippen LogP contribution is 2.23. The standard InChI is InChI=1S/C16H25ClN2/c1-13-11-15(6-5-14(13)12-17)18-7-9-19(10-8-18)16(2,3)4/h5-6,11H,7-10,12H2,1-4H3. The molecule has 0 N–H and O–H groups in total. The molecule has 3 heteroatoms. The van der Waals surface area contributed by atoms with E-state index in [1.807, 2.05) is 0 Å². The second-order valence-corrected chi connectivity index (χ2v) is 6.66. The van der Waals surface area contributed by atoms with Gasteiger partial charge in [0.1, 0.15) is 0 Å². The van der Waals surface area contributed by atoms with Crippen molar-refractivity contribution in [1.82, 2.24) is 4.90 Å². The average Bonchev–Trinajstić information content (AvgIpc) is 2.38. The molecule has 19 heavy (non-hydrogen) atoms. The zero-order valence-electron chi connectivity index (χ0n) is 12.5. The molecule has 1 aromatic rings. The number of benzene rings is 1. The number of anilines is 1. The topological polar surface area (TPSA) is 6.48 Å². The Morgan fingerprint density at radius 1 is 1.11 bits per heavy atom. The Morgan fingerprint density at radius 3 is 2.21 bits per heavy atom. The predicted molar refractivity (Wildman–Crippen MR) is 84.3 cm³/mol. The summed E-state index contributed by atoms with van der Waals surface area (Å²) in [5, 5.41) is 0. The van der Waals surface area contributed by atoms with Crippen LogP contribution in [0.1, 0.15) is 31.9 Å². The van der Waals surface area contributed by atoms with E-state index in [1.165, 1.54) is 16.8 Å². The minimum atomic E-state index is 0.282. The highest BCUT2D eigenvalue weighted by atomic mass is 35.5. The van der Waals surface area contributed by atoms with E-state index in [1.54, 1.807) is 0 Å². The largest absolute Gasteiger partial charge is 0.369 e. The van der Waals surface area contributed by atoms with Crippen molar-refractivity contribution in [2.45, 2.75) is 39.1 Å². The molecule has 106 valence electrons. The van der Waals surface area contributed by atoms with Crippen LogP contribution in [-0.2, 0) is 5.88 Å². The lowest BCUT2D eigenvalue weighted by atomic mass is 10.0. The lowest BCUT2D eigenvalue weighted by Gasteiger charge is -2.43. The van der Waals surface area contributed by atoms with Crippen LogP contribution in [0.4, 0.5) is 5.69 Å². The van der Waals surface area contributed by atoms with Crippen LogP contribution in [0.5, 0.6) is 0 Å². The van der Waals surface area contributed by atoms with Crippen LogP contribution in [0, 0.1) is 6.92 Å². The van der Waals surface area contributed by atoms with E-state index in [9.17, 15) is 0 Å². The lowest BCUT2D eigenvalue weighted by molar-refractivity contribution is 0.128. The predicted octanol–water partition coefficient (Wildman–Crippen LogP) is 3.65. The third kappa shape index (κ3) is 3.43. The Balaban J connectivity index is 2.04. The van der Waals surface area contributed by atoms with E-state index in [-0.39, 0.29) is 5.54 Å². The molecule has 1 saturated heterocycles. The van der Waals surface area contributed by atoms with Gasteiger partial charge in [0.15, 0.2) is 0 Å². The monoisotopic (exact) mass is 280 g/mol. The maximum atomic E-state index is 5.92. The molecular formula is C16H25ClN2. The van der Waals surface area contributed by atoms with Gasteiger partial charge in [-0.3, -0.25) is 4.90 Å². The van der Waals surface area contributed by atoms with Gasteiger partial charge in [-0.2, -0.15) is 0 Å². The van der Waals surface area contributed by atoms with Crippen molar-refractivity contribution in [2.24, 2.45) is 0 Å². The summed E-state index contributed by atoms with van der Waals surface area (Å²) in [7, 11) is 0. The lowest BCUT2D eigenvalue weighted by Crippen LogP contribution is -2.53. The molecule has 0 saturated carbocycles. The molecule has 0 spiro atoms. The molecule has 0 unspecified atom stereocenters. The second-order valence-electron chi connectivity index (χ2n) is 6.39. The van der Waals surface area contributed by atoms with E-state index in [0.717, 1.165) is 26.2 Å². The molecule has 2 nitrogen and oxygen atoms in total. The molecule has 0 bridgehead atoms. The van der Waals surface area contributed by atoms with Crippen LogP contribution >= 0.6 is 11.6 Å². The first kappa shape index (κ1) is 14.7. The summed E-state index contributed by atoms with van der Waals surface area (Å²) in [5.74, 6) is 0.601. The average molecular weight is 281 g/mol. The van der Waals surface area contributed by atoms with Gasteiger partial charge in [0, 0.05) is 43.3 Å². The van der Waals surface area contributed by atoms with Crippen molar-refractivity contribution in [3.05, 3.63) is 29.3 Å². The van der Waals surface area contributed by atoms with Gasteiger partial charge in [0.25, 0.3) is 0 Å². The molecule has 0 radical (unpaired) electrons. The normalized spacial score (nSPS) is 17.8. The van der Waals surface area contributed by atoms with Gasteiger partial charge in [-0.1, -0.05) is 6.07 Å². The first-order chi connectivity index (χ1) is 8.91. The highest BCUT2D eigenvalue weighted by molar-refractivity contribution is 6.17. The fourth-order valence-electron chi connectivity index (χ4n) is 2.66. The van der Waals surface area contributed by atoms with Crippen LogP contribution in [0.15, 0.2) is 18.2 Å². The number of hydrogen-bond donors (Lipinski definition) is 0. The number of piperazine rings is 1. The first-order valence-corrected chi connectivity index (χ1v) is 7.61. The summed E-state index contributed by atoms with van der Waals surface area (Å²) in [6.07, 6.45) is 0. The Labute approximate surface area is 122 Å². The fraction of sp³-hybridized carbons (Fsp3) is 0.625. The molecule has 0 aromatic heterocycles. The van der Waals surface area contributed by atoms with Crippen LogP contribution in [0.2, 0.25) is 0 Å². The van der Waals surface area contributed by atoms with E-state index in [0.29, 0.717) is 5.88 Å². The summed E-state index contributed by atoms with van der Waals surface area (Å²) >= 11 is 5.92. The number of alkyl halides is 1. The zero-order valence-corrected chi connectivity index (χ0v) is 13.3. The van der Waals surface area contributed by atoms with Crippen molar-refractivity contribution in [2.75, 3.05) is 31.1 Å². The van der Waals surface area contributed by atoms with E-state index >= 15 is 0 Å². The zero-order chi connectivity index (χ0) is 14.0. The van der Waals surface area contributed by atoms with Gasteiger partial charge in [0.2, 0.25) is 0 Å². The quantitative estimate of drug-likeness (QED) is 0.763. The Morgan fingerprint density at radius 2 is 1.74 bits per heavy atom. The van der Waals surface area contributed by atoms with Crippen molar-refractivity contribution >= 4 is 17.3 Å². The molecule has 0 amide bonds. The van der Waals surface area contributed by atoms with Crippen LogP contribution < -0.4 is 4.90 Å². The molecule has 1 aliphatic rings. The van der Waals surface area contributed by atoms with Gasteiger partial charge in [-0.15, -0.1) is 11.6 Å².